The van der Waals surface area contributed by atoms with Crippen molar-refractivity contribution in [3.8, 4) is 0 Å². The van der Waals surface area contributed by atoms with Crippen molar-refractivity contribution < 1.29 is 10.2 Å². The minimum absolute atomic E-state index is 0.325. The van der Waals surface area contributed by atoms with Gasteiger partial charge in [0.05, 0.1) is 0 Å². The lowest BCUT2D eigenvalue weighted by Gasteiger charge is -2.17. The fourth-order valence-electron chi connectivity index (χ4n) is 1.68. The molecule has 0 saturated heterocycles. The molecule has 0 radical (unpaired) electrons. The predicted molar refractivity (Wildman–Crippen MR) is 60.2 cm³/mol. The van der Waals surface area contributed by atoms with Crippen LogP contribution >= 0.6 is 0 Å². The van der Waals surface area contributed by atoms with Gasteiger partial charge in [0, 0.05) is 13.2 Å². The molecule has 2 nitrogen and oxygen atoms in total. The Kier molecular flexibility index (Phi) is 9.42. The molecule has 0 aromatic rings. The number of hydrogen-bond donors (Lipinski definition) is 2. The van der Waals surface area contributed by atoms with Crippen molar-refractivity contribution in [3.63, 3.8) is 0 Å². The van der Waals surface area contributed by atoms with E-state index in [4.69, 9.17) is 10.2 Å². The van der Waals surface area contributed by atoms with Gasteiger partial charge in [-0.1, -0.05) is 39.5 Å². The van der Waals surface area contributed by atoms with Crippen LogP contribution in [0, 0.1) is 11.8 Å². The third-order valence-electron chi connectivity index (χ3n) is 2.91. The second-order valence-electron chi connectivity index (χ2n) is 4.47. The molecule has 0 aliphatic rings. The molecule has 86 valence electrons. The van der Waals surface area contributed by atoms with E-state index in [2.05, 4.69) is 13.8 Å². The fourth-order valence-corrected chi connectivity index (χ4v) is 1.68. The lowest BCUT2D eigenvalue weighted by atomic mass is 9.91. The van der Waals surface area contributed by atoms with Crippen molar-refractivity contribution in [2.45, 2.75) is 52.4 Å². The van der Waals surface area contributed by atoms with Crippen LogP contribution in [0.15, 0.2) is 0 Å². The van der Waals surface area contributed by atoms with Crippen molar-refractivity contribution in [2.75, 3.05) is 13.2 Å². The molecule has 2 heteroatoms. The van der Waals surface area contributed by atoms with Crippen LogP contribution in [0.3, 0.4) is 0 Å². The molecule has 0 aliphatic heterocycles. The Labute approximate surface area is 88.3 Å². The van der Waals surface area contributed by atoms with Gasteiger partial charge in [0.15, 0.2) is 0 Å². The largest absolute Gasteiger partial charge is 0.396 e. The van der Waals surface area contributed by atoms with Crippen LogP contribution in [0.25, 0.3) is 0 Å². The fraction of sp³-hybridized carbons (Fsp3) is 1.00. The van der Waals surface area contributed by atoms with E-state index >= 15 is 0 Å². The van der Waals surface area contributed by atoms with E-state index in [0.29, 0.717) is 25.0 Å². The molecule has 0 rings (SSSR count). The average Bonchev–Trinajstić information content (AvgIpc) is 2.16. The van der Waals surface area contributed by atoms with Crippen molar-refractivity contribution in [2.24, 2.45) is 11.8 Å². The highest BCUT2D eigenvalue weighted by molar-refractivity contribution is 4.61. The maximum atomic E-state index is 9.10. The first-order valence-corrected chi connectivity index (χ1v) is 5.94. The van der Waals surface area contributed by atoms with Crippen LogP contribution in [0.1, 0.15) is 52.4 Å². The molecule has 0 bridgehead atoms. The molecule has 1 unspecified atom stereocenters. The first-order chi connectivity index (χ1) is 6.72. The standard InChI is InChI=1S/C12H26O2/c1-11(2)12(10-14)8-6-4-3-5-7-9-13/h11-14H,3-10H2,1-2H3. The van der Waals surface area contributed by atoms with Crippen LogP contribution < -0.4 is 0 Å². The Bertz CT molecular complexity index is 113. The van der Waals surface area contributed by atoms with Gasteiger partial charge in [0.25, 0.3) is 0 Å². The third kappa shape index (κ3) is 7.34. The number of aliphatic hydroxyl groups excluding tert-OH is 2. The number of hydrogen-bond acceptors (Lipinski definition) is 2. The summed E-state index contributed by atoms with van der Waals surface area (Å²) in [5, 5.41) is 17.7. The maximum Gasteiger partial charge on any atom is 0.0461 e. The summed E-state index contributed by atoms with van der Waals surface area (Å²) in [7, 11) is 0. The Morgan fingerprint density at radius 3 is 1.93 bits per heavy atom. The van der Waals surface area contributed by atoms with Crippen molar-refractivity contribution >= 4 is 0 Å². The molecule has 0 aliphatic carbocycles. The zero-order chi connectivity index (χ0) is 10.8. The molecule has 1 atom stereocenters. The van der Waals surface area contributed by atoms with Gasteiger partial charge in [-0.3, -0.25) is 0 Å². The summed E-state index contributed by atoms with van der Waals surface area (Å²) >= 11 is 0. The monoisotopic (exact) mass is 202 g/mol. The smallest absolute Gasteiger partial charge is 0.0461 e. The van der Waals surface area contributed by atoms with Gasteiger partial charge in [-0.05, 0) is 24.7 Å². The topological polar surface area (TPSA) is 40.5 Å². The van der Waals surface area contributed by atoms with Gasteiger partial charge in [-0.2, -0.15) is 0 Å². The van der Waals surface area contributed by atoms with E-state index in [1.165, 1.54) is 19.3 Å². The molecule has 0 heterocycles. The number of aliphatic hydroxyl groups is 2. The van der Waals surface area contributed by atoms with E-state index in [1.54, 1.807) is 0 Å². The Morgan fingerprint density at radius 1 is 0.857 bits per heavy atom. The Hall–Kier alpha value is -0.0800. The summed E-state index contributed by atoms with van der Waals surface area (Å²) < 4.78 is 0. The van der Waals surface area contributed by atoms with Gasteiger partial charge in [0.2, 0.25) is 0 Å². The molecular weight excluding hydrogens is 176 g/mol. The van der Waals surface area contributed by atoms with E-state index < -0.39 is 0 Å². The Morgan fingerprint density at radius 2 is 1.43 bits per heavy atom. The molecule has 0 fully saturated rings. The van der Waals surface area contributed by atoms with Gasteiger partial charge >= 0.3 is 0 Å². The molecule has 0 amide bonds. The molecule has 14 heavy (non-hydrogen) atoms. The van der Waals surface area contributed by atoms with Crippen LogP contribution in [0.4, 0.5) is 0 Å². The SMILES string of the molecule is CC(C)C(CO)CCCCCCCO. The predicted octanol–water partition coefficient (Wildman–Crippen LogP) is 2.58. The molecule has 0 aromatic carbocycles. The van der Waals surface area contributed by atoms with Gasteiger partial charge < -0.3 is 10.2 Å². The van der Waals surface area contributed by atoms with E-state index in [1.807, 2.05) is 0 Å². The summed E-state index contributed by atoms with van der Waals surface area (Å²) in [6, 6.07) is 0. The lowest BCUT2D eigenvalue weighted by Crippen LogP contribution is -2.13. The first kappa shape index (κ1) is 13.9. The second-order valence-corrected chi connectivity index (χ2v) is 4.47. The molecular formula is C12H26O2. The number of rotatable bonds is 9. The lowest BCUT2D eigenvalue weighted by molar-refractivity contribution is 0.178. The van der Waals surface area contributed by atoms with Crippen molar-refractivity contribution in [1.82, 2.24) is 0 Å². The molecule has 2 N–H and O–H groups in total. The zero-order valence-corrected chi connectivity index (χ0v) is 9.71. The molecule has 0 saturated carbocycles. The van der Waals surface area contributed by atoms with E-state index in [0.717, 1.165) is 19.3 Å². The van der Waals surface area contributed by atoms with Crippen LogP contribution in [0.5, 0.6) is 0 Å². The quantitative estimate of drug-likeness (QED) is 0.564. The first-order valence-electron chi connectivity index (χ1n) is 5.94. The summed E-state index contributed by atoms with van der Waals surface area (Å²) in [4.78, 5) is 0. The molecule has 0 aromatic heterocycles. The van der Waals surface area contributed by atoms with Crippen molar-refractivity contribution in [3.05, 3.63) is 0 Å². The van der Waals surface area contributed by atoms with Crippen molar-refractivity contribution in [1.29, 1.82) is 0 Å². The number of unbranched alkanes of at least 4 members (excludes halogenated alkanes) is 4. The van der Waals surface area contributed by atoms with Crippen LogP contribution in [0.2, 0.25) is 0 Å². The summed E-state index contributed by atoms with van der Waals surface area (Å²) in [5.74, 6) is 1.07. The highest BCUT2D eigenvalue weighted by Gasteiger charge is 2.10. The molecule has 0 spiro atoms. The zero-order valence-electron chi connectivity index (χ0n) is 9.71. The summed E-state index contributed by atoms with van der Waals surface area (Å²) in [6.45, 7) is 5.00. The maximum absolute atomic E-state index is 9.10. The normalized spacial score (nSPS) is 13.5. The van der Waals surface area contributed by atoms with Gasteiger partial charge in [-0.25, -0.2) is 0 Å². The minimum Gasteiger partial charge on any atom is -0.396 e. The summed E-state index contributed by atoms with van der Waals surface area (Å²) in [5.41, 5.74) is 0. The second kappa shape index (κ2) is 9.47. The average molecular weight is 202 g/mol. The third-order valence-corrected chi connectivity index (χ3v) is 2.91. The van der Waals surface area contributed by atoms with Crippen LogP contribution in [-0.2, 0) is 0 Å². The van der Waals surface area contributed by atoms with Gasteiger partial charge in [0.1, 0.15) is 0 Å². The van der Waals surface area contributed by atoms with Crippen LogP contribution in [-0.4, -0.2) is 23.4 Å². The van der Waals surface area contributed by atoms with E-state index in [9.17, 15) is 0 Å². The minimum atomic E-state index is 0.325. The van der Waals surface area contributed by atoms with Gasteiger partial charge in [-0.15, -0.1) is 0 Å². The highest BCUT2D eigenvalue weighted by Crippen LogP contribution is 2.18. The highest BCUT2D eigenvalue weighted by atomic mass is 16.3. The Balaban J connectivity index is 3.25. The summed E-state index contributed by atoms with van der Waals surface area (Å²) in [6.07, 6.45) is 6.90. The van der Waals surface area contributed by atoms with E-state index in [-0.39, 0.29) is 0 Å².